The van der Waals surface area contributed by atoms with E-state index in [9.17, 15) is 8.78 Å². The molecule has 0 amide bonds. The van der Waals surface area contributed by atoms with Crippen molar-refractivity contribution < 1.29 is 13.5 Å². The van der Waals surface area contributed by atoms with Gasteiger partial charge in [0.15, 0.2) is 0 Å². The Morgan fingerprint density at radius 3 is 2.26 bits per heavy atom. The van der Waals surface area contributed by atoms with E-state index in [1.54, 1.807) is 18.2 Å². The Bertz CT molecular complexity index is 330. The van der Waals surface area contributed by atoms with Gasteiger partial charge in [-0.05, 0) is 17.3 Å². The van der Waals surface area contributed by atoms with Crippen LogP contribution in [0.15, 0.2) is 30.3 Å². The molecular formula is C15H21F2IO. The highest BCUT2D eigenvalue weighted by Crippen LogP contribution is 2.27. The predicted molar refractivity (Wildman–Crippen MR) is 83.1 cm³/mol. The average molecular weight is 382 g/mol. The van der Waals surface area contributed by atoms with Crippen LogP contribution >= 0.6 is 22.6 Å². The van der Waals surface area contributed by atoms with Crippen LogP contribution in [0.5, 0.6) is 0 Å². The van der Waals surface area contributed by atoms with E-state index in [1.807, 2.05) is 0 Å². The molecule has 4 heteroatoms. The van der Waals surface area contributed by atoms with Gasteiger partial charge in [-0.1, -0.05) is 72.2 Å². The number of hydrogen-bond donors (Lipinski definition) is 0. The molecule has 0 aliphatic carbocycles. The van der Waals surface area contributed by atoms with E-state index in [4.69, 9.17) is 4.74 Å². The quantitative estimate of drug-likeness (QED) is 0.308. The molecule has 0 spiro atoms. The summed E-state index contributed by atoms with van der Waals surface area (Å²) in [5.74, 6) is -2.89. The first-order chi connectivity index (χ1) is 9.17. The third-order valence-corrected chi connectivity index (χ3v) is 3.66. The number of rotatable bonds is 10. The normalized spacial score (nSPS) is 11.7. The van der Waals surface area contributed by atoms with Gasteiger partial charge in [0.05, 0.1) is 0 Å². The fourth-order valence-electron chi connectivity index (χ4n) is 1.79. The van der Waals surface area contributed by atoms with Crippen LogP contribution in [0.3, 0.4) is 0 Å². The van der Waals surface area contributed by atoms with Crippen molar-refractivity contribution in [3.63, 3.8) is 0 Å². The summed E-state index contributed by atoms with van der Waals surface area (Å²) in [5, 5.41) is 0. The smallest absolute Gasteiger partial charge is 0.296 e. The van der Waals surface area contributed by atoms with Crippen LogP contribution in [0.4, 0.5) is 8.78 Å². The highest BCUT2D eigenvalue weighted by Gasteiger charge is 2.31. The molecule has 0 saturated carbocycles. The standard InChI is InChI=1S/C15H21F2IO/c16-15(17,14-9-5-4-6-10-14)13-19-12-8-3-1-2-7-11-18/h4-6,9-10H,1-3,7-8,11-13H2. The molecule has 0 aliphatic heterocycles. The van der Waals surface area contributed by atoms with Gasteiger partial charge in [-0.25, -0.2) is 0 Å². The lowest BCUT2D eigenvalue weighted by Crippen LogP contribution is -2.21. The van der Waals surface area contributed by atoms with Crippen molar-refractivity contribution in [3.8, 4) is 0 Å². The second kappa shape index (κ2) is 9.64. The first-order valence-electron chi connectivity index (χ1n) is 6.74. The summed E-state index contributed by atoms with van der Waals surface area (Å²) >= 11 is 2.37. The van der Waals surface area contributed by atoms with E-state index < -0.39 is 12.5 Å². The summed E-state index contributed by atoms with van der Waals surface area (Å²) in [5.41, 5.74) is 0.0250. The van der Waals surface area contributed by atoms with E-state index in [0.29, 0.717) is 6.61 Å². The number of halogens is 3. The Morgan fingerprint density at radius 1 is 0.947 bits per heavy atom. The number of unbranched alkanes of at least 4 members (excludes halogenated alkanes) is 4. The zero-order valence-electron chi connectivity index (χ0n) is 11.1. The van der Waals surface area contributed by atoms with Crippen LogP contribution in [0.2, 0.25) is 0 Å². The lowest BCUT2D eigenvalue weighted by Gasteiger charge is -2.16. The van der Waals surface area contributed by atoms with E-state index >= 15 is 0 Å². The highest BCUT2D eigenvalue weighted by molar-refractivity contribution is 14.1. The Morgan fingerprint density at radius 2 is 1.58 bits per heavy atom. The highest BCUT2D eigenvalue weighted by atomic mass is 127. The molecular weight excluding hydrogens is 361 g/mol. The van der Waals surface area contributed by atoms with Gasteiger partial charge >= 0.3 is 0 Å². The van der Waals surface area contributed by atoms with Crippen LogP contribution in [0, 0.1) is 0 Å². The van der Waals surface area contributed by atoms with Gasteiger partial charge in [0.1, 0.15) is 6.61 Å². The zero-order valence-corrected chi connectivity index (χ0v) is 13.2. The molecule has 0 bridgehead atoms. The minimum atomic E-state index is -2.89. The van der Waals surface area contributed by atoms with E-state index in [-0.39, 0.29) is 5.56 Å². The minimum absolute atomic E-state index is 0.0250. The van der Waals surface area contributed by atoms with Crippen molar-refractivity contribution in [1.29, 1.82) is 0 Å². The number of alkyl halides is 3. The van der Waals surface area contributed by atoms with Gasteiger partial charge in [-0.15, -0.1) is 0 Å². The van der Waals surface area contributed by atoms with Crippen LogP contribution in [-0.4, -0.2) is 17.6 Å². The molecule has 1 aromatic rings. The molecule has 0 fully saturated rings. The van der Waals surface area contributed by atoms with Crippen LogP contribution < -0.4 is 0 Å². The summed E-state index contributed by atoms with van der Waals surface area (Å²) in [7, 11) is 0. The summed E-state index contributed by atoms with van der Waals surface area (Å²) in [6.45, 7) is -0.0998. The summed E-state index contributed by atoms with van der Waals surface area (Å²) < 4.78 is 33.7. The van der Waals surface area contributed by atoms with Crippen LogP contribution in [0.25, 0.3) is 0 Å². The van der Waals surface area contributed by atoms with Crippen molar-refractivity contribution in [2.45, 2.75) is 38.0 Å². The largest absolute Gasteiger partial charge is 0.375 e. The van der Waals surface area contributed by atoms with Crippen molar-refractivity contribution in [1.82, 2.24) is 0 Å². The molecule has 108 valence electrons. The SMILES string of the molecule is FC(F)(COCCCCCCCI)c1ccccc1. The Labute approximate surface area is 127 Å². The van der Waals surface area contributed by atoms with E-state index in [1.165, 1.54) is 35.8 Å². The molecule has 0 heterocycles. The third-order valence-electron chi connectivity index (χ3n) is 2.90. The summed E-state index contributed by atoms with van der Waals surface area (Å²) in [6.07, 6.45) is 5.57. The molecule has 0 atom stereocenters. The molecule has 1 nitrogen and oxygen atoms in total. The predicted octanol–water partition coefficient (Wildman–Crippen LogP) is 5.18. The van der Waals surface area contributed by atoms with Gasteiger partial charge in [0.2, 0.25) is 0 Å². The van der Waals surface area contributed by atoms with Gasteiger partial charge in [0.25, 0.3) is 5.92 Å². The van der Waals surface area contributed by atoms with Crippen molar-refractivity contribution in [3.05, 3.63) is 35.9 Å². The molecule has 1 rings (SSSR count). The number of hydrogen-bond acceptors (Lipinski definition) is 1. The molecule has 0 radical (unpaired) electrons. The van der Waals surface area contributed by atoms with Gasteiger partial charge in [-0.2, -0.15) is 8.78 Å². The fourth-order valence-corrected chi connectivity index (χ4v) is 2.33. The monoisotopic (exact) mass is 382 g/mol. The fraction of sp³-hybridized carbons (Fsp3) is 0.600. The van der Waals surface area contributed by atoms with E-state index in [0.717, 1.165) is 12.8 Å². The molecule has 0 aromatic heterocycles. The average Bonchev–Trinajstić information content (AvgIpc) is 2.43. The molecule has 0 aliphatic rings. The molecule has 0 N–H and O–H groups in total. The van der Waals surface area contributed by atoms with Gasteiger partial charge < -0.3 is 4.74 Å². The van der Waals surface area contributed by atoms with Crippen LogP contribution in [-0.2, 0) is 10.7 Å². The summed E-state index contributed by atoms with van der Waals surface area (Å²) in [4.78, 5) is 0. The van der Waals surface area contributed by atoms with Crippen molar-refractivity contribution in [2.24, 2.45) is 0 Å². The maximum Gasteiger partial charge on any atom is 0.296 e. The van der Waals surface area contributed by atoms with Crippen LogP contribution in [0.1, 0.15) is 37.7 Å². The Hall–Kier alpha value is -0.230. The minimum Gasteiger partial charge on any atom is -0.375 e. The lowest BCUT2D eigenvalue weighted by molar-refractivity contribution is -0.0831. The van der Waals surface area contributed by atoms with E-state index in [2.05, 4.69) is 22.6 Å². The molecule has 1 aromatic carbocycles. The van der Waals surface area contributed by atoms with Gasteiger partial charge in [0, 0.05) is 12.2 Å². The first kappa shape index (κ1) is 16.8. The summed E-state index contributed by atoms with van der Waals surface area (Å²) in [6, 6.07) is 7.85. The molecule has 19 heavy (non-hydrogen) atoms. The third kappa shape index (κ3) is 7.20. The Balaban J connectivity index is 2.12. The second-order valence-corrected chi connectivity index (χ2v) is 5.66. The molecule has 0 unspecified atom stereocenters. The maximum absolute atomic E-state index is 13.7. The Kier molecular flexibility index (Phi) is 8.53. The van der Waals surface area contributed by atoms with Gasteiger partial charge in [-0.3, -0.25) is 0 Å². The van der Waals surface area contributed by atoms with Crippen molar-refractivity contribution in [2.75, 3.05) is 17.6 Å². The molecule has 0 saturated heterocycles. The number of ether oxygens (including phenoxy) is 1. The second-order valence-electron chi connectivity index (χ2n) is 4.58. The topological polar surface area (TPSA) is 9.23 Å². The first-order valence-corrected chi connectivity index (χ1v) is 8.26. The number of benzene rings is 1. The zero-order chi connectivity index (χ0) is 14.0. The maximum atomic E-state index is 13.7. The lowest BCUT2D eigenvalue weighted by atomic mass is 10.1. The van der Waals surface area contributed by atoms with Crippen molar-refractivity contribution >= 4 is 22.6 Å².